The molecule has 4 heterocycles. The van der Waals surface area contributed by atoms with Crippen LogP contribution in [0.5, 0.6) is 0 Å². The van der Waals surface area contributed by atoms with Crippen molar-refractivity contribution in [3.63, 3.8) is 0 Å². The Morgan fingerprint density at radius 3 is 3.00 bits per heavy atom. The molecule has 1 fully saturated rings. The number of piperidine rings is 1. The average Bonchev–Trinajstić information content (AvgIpc) is 2.90. The number of hydrogen-bond acceptors (Lipinski definition) is 5. The van der Waals surface area contributed by atoms with Gasteiger partial charge in [-0.3, -0.25) is 14.3 Å². The van der Waals surface area contributed by atoms with Gasteiger partial charge in [0.25, 0.3) is 11.7 Å². The second-order valence-corrected chi connectivity index (χ2v) is 6.79. The van der Waals surface area contributed by atoms with Crippen molar-refractivity contribution in [2.75, 3.05) is 6.54 Å². The minimum absolute atomic E-state index is 0.136. The van der Waals surface area contributed by atoms with Gasteiger partial charge in [0.05, 0.1) is 4.47 Å². The summed E-state index contributed by atoms with van der Waals surface area (Å²) in [6.45, 7) is 0.533. The molecule has 0 saturated carbocycles. The fraction of sp³-hybridized carbons (Fsp3) is 0.455. The van der Waals surface area contributed by atoms with Gasteiger partial charge in [0.1, 0.15) is 10.3 Å². The zero-order chi connectivity index (χ0) is 14.3. The molecule has 1 spiro atoms. The molecule has 106 valence electrons. The molecule has 7 nitrogen and oxygen atoms in total. The van der Waals surface area contributed by atoms with E-state index in [2.05, 4.69) is 42.2 Å². The zero-order valence-corrected chi connectivity index (χ0v) is 13.4. The van der Waals surface area contributed by atoms with E-state index >= 15 is 0 Å². The van der Waals surface area contributed by atoms with Crippen LogP contribution in [0.2, 0.25) is 0 Å². The SMILES string of the molecule is NC1=N[C@]23N(CCC[C@@]2(O)N1)C(=O)c1cc(Br)c(Br)n13. The van der Waals surface area contributed by atoms with E-state index in [9.17, 15) is 9.90 Å². The summed E-state index contributed by atoms with van der Waals surface area (Å²) in [7, 11) is 0. The molecule has 3 aliphatic heterocycles. The first-order valence-corrected chi connectivity index (χ1v) is 7.74. The van der Waals surface area contributed by atoms with Crippen LogP contribution in [0.25, 0.3) is 0 Å². The second-order valence-electron chi connectivity index (χ2n) is 5.18. The Hall–Kier alpha value is -1.06. The first-order chi connectivity index (χ1) is 9.41. The molecule has 4 N–H and O–H groups in total. The molecule has 0 aromatic carbocycles. The molecule has 0 aliphatic carbocycles. The number of guanidine groups is 1. The van der Waals surface area contributed by atoms with Crippen LogP contribution in [0, 0.1) is 0 Å². The minimum Gasteiger partial charge on any atom is -0.370 e. The lowest BCUT2D eigenvalue weighted by Gasteiger charge is -2.47. The Morgan fingerprint density at radius 2 is 2.25 bits per heavy atom. The van der Waals surface area contributed by atoms with E-state index in [4.69, 9.17) is 5.73 Å². The maximum absolute atomic E-state index is 12.6. The van der Waals surface area contributed by atoms with Crippen molar-refractivity contribution < 1.29 is 9.90 Å². The van der Waals surface area contributed by atoms with Crippen LogP contribution in [-0.4, -0.2) is 38.7 Å². The summed E-state index contributed by atoms with van der Waals surface area (Å²) in [4.78, 5) is 18.6. The summed E-state index contributed by atoms with van der Waals surface area (Å²) < 4.78 is 3.10. The predicted octanol–water partition coefficient (Wildman–Crippen LogP) is 0.479. The maximum Gasteiger partial charge on any atom is 0.274 e. The van der Waals surface area contributed by atoms with E-state index < -0.39 is 11.5 Å². The number of aromatic nitrogens is 1. The number of aliphatic imine (C=N–C) groups is 1. The number of nitrogens with two attached hydrogens (primary N) is 1. The Bertz CT molecular complexity index is 687. The molecular weight excluding hydrogens is 394 g/mol. The lowest BCUT2D eigenvalue weighted by molar-refractivity contribution is -0.157. The fourth-order valence-corrected chi connectivity index (χ4v) is 4.35. The highest BCUT2D eigenvalue weighted by Crippen LogP contribution is 2.51. The average molecular weight is 405 g/mol. The number of fused-ring (bicyclic) bond motifs is 1. The number of hydrogen-bond donors (Lipinski definition) is 3. The number of amides is 1. The molecule has 9 heteroatoms. The third-order valence-electron chi connectivity index (χ3n) is 4.14. The van der Waals surface area contributed by atoms with Crippen molar-refractivity contribution in [3.05, 3.63) is 20.8 Å². The van der Waals surface area contributed by atoms with E-state index in [1.54, 1.807) is 15.5 Å². The predicted molar refractivity (Wildman–Crippen MR) is 77.8 cm³/mol. The van der Waals surface area contributed by atoms with Gasteiger partial charge in [-0.05, 0) is 44.3 Å². The molecule has 3 aliphatic rings. The lowest BCUT2D eigenvalue weighted by atomic mass is 9.94. The van der Waals surface area contributed by atoms with E-state index in [0.717, 1.165) is 4.47 Å². The molecule has 4 rings (SSSR count). The van der Waals surface area contributed by atoms with E-state index in [1.165, 1.54) is 0 Å². The van der Waals surface area contributed by atoms with Crippen LogP contribution < -0.4 is 11.1 Å². The number of nitrogens with one attached hydrogen (secondary N) is 1. The molecule has 1 aromatic heterocycles. The largest absolute Gasteiger partial charge is 0.370 e. The molecule has 0 unspecified atom stereocenters. The first kappa shape index (κ1) is 12.7. The van der Waals surface area contributed by atoms with Gasteiger partial charge >= 0.3 is 0 Å². The molecular formula is C11H11Br2N5O2. The Balaban J connectivity index is 2.08. The van der Waals surface area contributed by atoms with Crippen LogP contribution >= 0.6 is 31.9 Å². The third-order valence-corrected chi connectivity index (χ3v) is 6.05. The number of carbonyl (C=O) groups is 1. The number of nitrogens with zero attached hydrogens (tertiary/aromatic N) is 3. The minimum atomic E-state index is -1.39. The van der Waals surface area contributed by atoms with Crippen LogP contribution in [0.15, 0.2) is 20.1 Å². The van der Waals surface area contributed by atoms with Crippen molar-refractivity contribution >= 4 is 43.7 Å². The van der Waals surface area contributed by atoms with Crippen LogP contribution in [0.3, 0.4) is 0 Å². The topological polar surface area (TPSA) is 95.9 Å². The molecule has 20 heavy (non-hydrogen) atoms. The van der Waals surface area contributed by atoms with Crippen molar-refractivity contribution in [3.8, 4) is 0 Å². The summed E-state index contributed by atoms with van der Waals surface area (Å²) in [6, 6.07) is 1.73. The van der Waals surface area contributed by atoms with Crippen LogP contribution in [0.1, 0.15) is 23.3 Å². The maximum atomic E-state index is 12.6. The number of aliphatic hydroxyl groups is 1. The van der Waals surface area contributed by atoms with Crippen molar-refractivity contribution in [2.45, 2.75) is 24.4 Å². The van der Waals surface area contributed by atoms with E-state index in [1.807, 2.05) is 0 Å². The molecule has 2 atom stereocenters. The third kappa shape index (κ3) is 1.16. The van der Waals surface area contributed by atoms with E-state index in [-0.39, 0.29) is 11.9 Å². The highest BCUT2D eigenvalue weighted by Gasteiger charge is 2.68. The molecule has 0 radical (unpaired) electrons. The van der Waals surface area contributed by atoms with Gasteiger partial charge in [0.2, 0.25) is 5.72 Å². The highest BCUT2D eigenvalue weighted by molar-refractivity contribution is 9.13. The van der Waals surface area contributed by atoms with Gasteiger partial charge in [0.15, 0.2) is 5.96 Å². The van der Waals surface area contributed by atoms with Gasteiger partial charge in [-0.15, -0.1) is 0 Å². The summed E-state index contributed by atoms with van der Waals surface area (Å²) in [5.41, 5.74) is 4.88. The van der Waals surface area contributed by atoms with Crippen molar-refractivity contribution in [2.24, 2.45) is 10.7 Å². The first-order valence-electron chi connectivity index (χ1n) is 6.16. The van der Waals surface area contributed by atoms with Gasteiger partial charge in [0, 0.05) is 13.0 Å². The lowest BCUT2D eigenvalue weighted by Crippen LogP contribution is -2.67. The summed E-state index contributed by atoms with van der Waals surface area (Å²) in [6.07, 6.45) is 1.14. The number of rotatable bonds is 0. The van der Waals surface area contributed by atoms with Gasteiger partial charge in [-0.25, -0.2) is 0 Å². The monoisotopic (exact) mass is 403 g/mol. The van der Waals surface area contributed by atoms with Crippen molar-refractivity contribution in [1.82, 2.24) is 14.8 Å². The van der Waals surface area contributed by atoms with Gasteiger partial charge < -0.3 is 16.2 Å². The van der Waals surface area contributed by atoms with Crippen LogP contribution in [0.4, 0.5) is 0 Å². The Labute approximate surface area is 131 Å². The smallest absolute Gasteiger partial charge is 0.274 e. The quantitative estimate of drug-likeness (QED) is 0.586. The van der Waals surface area contributed by atoms with Gasteiger partial charge in [-0.1, -0.05) is 0 Å². The number of halogens is 2. The number of carbonyl (C=O) groups excluding carboxylic acids is 1. The summed E-state index contributed by atoms with van der Waals surface area (Å²) in [5, 5.41) is 13.8. The molecule has 0 bridgehead atoms. The fourth-order valence-electron chi connectivity index (χ4n) is 3.40. The zero-order valence-electron chi connectivity index (χ0n) is 10.2. The standard InChI is InChI=1S/C11H11Br2N5O2/c12-5-4-6-8(19)17-3-1-2-10(20)11(17,16-9(14)15-10)18(6)7(5)13/h4,20H,1-3H2,(H3,14,15,16)/t10-,11-/m0/s1. The normalized spacial score (nSPS) is 34.5. The van der Waals surface area contributed by atoms with Gasteiger partial charge in [-0.2, -0.15) is 4.99 Å². The highest BCUT2D eigenvalue weighted by atomic mass is 79.9. The molecule has 1 aromatic rings. The molecule has 1 saturated heterocycles. The second kappa shape index (κ2) is 3.58. The summed E-state index contributed by atoms with van der Waals surface area (Å²) in [5.74, 6) is -1.27. The Kier molecular flexibility index (Phi) is 2.26. The van der Waals surface area contributed by atoms with Crippen LogP contribution in [-0.2, 0) is 5.79 Å². The molecule has 1 amide bonds. The Morgan fingerprint density at radius 1 is 1.50 bits per heavy atom. The van der Waals surface area contributed by atoms with E-state index in [0.29, 0.717) is 29.7 Å². The summed E-state index contributed by atoms with van der Waals surface area (Å²) >= 11 is 6.85. The van der Waals surface area contributed by atoms with Crippen molar-refractivity contribution in [1.29, 1.82) is 0 Å².